The SMILES string of the molecule is CC(C)CN1CCn2nc(CNC(=O)[C@@H]3CN(C)c4ccccc4O3)cc2C1. The Morgan fingerprint density at radius 3 is 2.96 bits per heavy atom. The molecule has 4 rings (SSSR count). The predicted octanol–water partition coefficient (Wildman–Crippen LogP) is 1.87. The summed E-state index contributed by atoms with van der Waals surface area (Å²) in [4.78, 5) is 17.2. The van der Waals surface area contributed by atoms with Gasteiger partial charge in [0.2, 0.25) is 0 Å². The second kappa shape index (κ2) is 7.83. The van der Waals surface area contributed by atoms with E-state index in [1.165, 1.54) is 5.69 Å². The molecule has 1 aromatic heterocycles. The number of aromatic nitrogens is 2. The average Bonchev–Trinajstić information content (AvgIpc) is 3.07. The van der Waals surface area contributed by atoms with Gasteiger partial charge in [-0.25, -0.2) is 0 Å². The van der Waals surface area contributed by atoms with Gasteiger partial charge >= 0.3 is 0 Å². The number of nitrogens with zero attached hydrogens (tertiary/aromatic N) is 4. The van der Waals surface area contributed by atoms with Crippen LogP contribution in [0.2, 0.25) is 0 Å². The first kappa shape index (κ1) is 18.8. The van der Waals surface area contributed by atoms with Crippen LogP contribution in [0.1, 0.15) is 25.2 Å². The quantitative estimate of drug-likeness (QED) is 0.854. The highest BCUT2D eigenvalue weighted by atomic mass is 16.5. The Morgan fingerprint density at radius 1 is 1.32 bits per heavy atom. The van der Waals surface area contributed by atoms with Crippen molar-refractivity contribution in [1.82, 2.24) is 20.0 Å². The van der Waals surface area contributed by atoms with Crippen LogP contribution >= 0.6 is 0 Å². The number of hydrogen-bond acceptors (Lipinski definition) is 5. The van der Waals surface area contributed by atoms with E-state index in [0.29, 0.717) is 19.0 Å². The third kappa shape index (κ3) is 3.99. The molecule has 2 aliphatic rings. The number of benzene rings is 1. The second-order valence-electron chi connectivity index (χ2n) is 8.15. The normalized spacial score (nSPS) is 19.1. The van der Waals surface area contributed by atoms with Crippen molar-refractivity contribution in [2.24, 2.45) is 5.92 Å². The molecule has 0 saturated heterocycles. The zero-order valence-electron chi connectivity index (χ0n) is 16.9. The van der Waals surface area contributed by atoms with Gasteiger partial charge in [-0.15, -0.1) is 0 Å². The van der Waals surface area contributed by atoms with Gasteiger partial charge in [-0.3, -0.25) is 14.4 Å². The molecule has 0 unspecified atom stereocenters. The number of amides is 1. The minimum absolute atomic E-state index is 0.103. The molecule has 3 heterocycles. The number of nitrogens with one attached hydrogen (secondary N) is 1. The molecule has 1 aromatic carbocycles. The van der Waals surface area contributed by atoms with Gasteiger partial charge in [0.1, 0.15) is 5.75 Å². The Labute approximate surface area is 166 Å². The molecule has 2 aliphatic heterocycles. The van der Waals surface area contributed by atoms with Crippen molar-refractivity contribution in [1.29, 1.82) is 0 Å². The number of anilines is 1. The van der Waals surface area contributed by atoms with Crippen LogP contribution in [0.4, 0.5) is 5.69 Å². The maximum Gasteiger partial charge on any atom is 0.263 e. The van der Waals surface area contributed by atoms with Crippen molar-refractivity contribution in [3.63, 3.8) is 0 Å². The van der Waals surface area contributed by atoms with Crippen LogP contribution in [0.5, 0.6) is 5.75 Å². The molecule has 0 saturated carbocycles. The summed E-state index contributed by atoms with van der Waals surface area (Å²) in [5.74, 6) is 1.31. The lowest BCUT2D eigenvalue weighted by molar-refractivity contribution is -0.128. The molecule has 0 spiro atoms. The van der Waals surface area contributed by atoms with Crippen molar-refractivity contribution >= 4 is 11.6 Å². The standard InChI is InChI=1S/C21H29N5O2/c1-15(2)12-25-8-9-26-17(13-25)10-16(23-26)11-22-21(27)20-14-24(3)18-6-4-5-7-19(18)28-20/h4-7,10,15,20H,8-9,11-14H2,1-3H3,(H,22,27)/t20-/m0/s1. The number of ether oxygens (including phenoxy) is 1. The molecule has 7 nitrogen and oxygen atoms in total. The van der Waals surface area contributed by atoms with Crippen molar-refractivity contribution in [2.45, 2.75) is 39.6 Å². The molecule has 1 amide bonds. The fourth-order valence-electron chi connectivity index (χ4n) is 3.98. The third-order valence-corrected chi connectivity index (χ3v) is 5.27. The van der Waals surface area contributed by atoms with E-state index in [-0.39, 0.29) is 5.91 Å². The zero-order valence-corrected chi connectivity index (χ0v) is 16.9. The zero-order chi connectivity index (χ0) is 19.7. The highest BCUT2D eigenvalue weighted by molar-refractivity contribution is 5.83. The molecule has 0 bridgehead atoms. The van der Waals surface area contributed by atoms with E-state index in [1.807, 2.05) is 31.3 Å². The van der Waals surface area contributed by atoms with E-state index < -0.39 is 6.10 Å². The van der Waals surface area contributed by atoms with Crippen molar-refractivity contribution < 1.29 is 9.53 Å². The van der Waals surface area contributed by atoms with Crippen molar-refractivity contribution in [2.75, 3.05) is 31.6 Å². The van der Waals surface area contributed by atoms with Crippen LogP contribution in [0.15, 0.2) is 30.3 Å². The molecule has 2 aromatic rings. The summed E-state index contributed by atoms with van der Waals surface area (Å²) < 4.78 is 7.97. The van der Waals surface area contributed by atoms with Gasteiger partial charge in [-0.05, 0) is 24.1 Å². The smallest absolute Gasteiger partial charge is 0.263 e. The van der Waals surface area contributed by atoms with Crippen LogP contribution < -0.4 is 15.0 Å². The van der Waals surface area contributed by atoms with E-state index in [2.05, 4.69) is 44.8 Å². The monoisotopic (exact) mass is 383 g/mol. The topological polar surface area (TPSA) is 62.6 Å². The molecule has 1 atom stereocenters. The highest BCUT2D eigenvalue weighted by Crippen LogP contribution is 2.31. The Bertz CT molecular complexity index is 847. The minimum atomic E-state index is -0.515. The molecule has 28 heavy (non-hydrogen) atoms. The lowest BCUT2D eigenvalue weighted by atomic mass is 10.2. The number of likely N-dealkylation sites (N-methyl/N-ethyl adjacent to an activating group) is 1. The van der Waals surface area contributed by atoms with Gasteiger partial charge in [0.05, 0.1) is 36.7 Å². The first-order valence-corrected chi connectivity index (χ1v) is 10.0. The Morgan fingerprint density at radius 2 is 2.14 bits per heavy atom. The van der Waals surface area contributed by atoms with E-state index in [0.717, 1.165) is 43.3 Å². The Hall–Kier alpha value is -2.54. The van der Waals surface area contributed by atoms with E-state index >= 15 is 0 Å². The van der Waals surface area contributed by atoms with Crippen molar-refractivity contribution in [3.05, 3.63) is 41.7 Å². The lowest BCUT2D eigenvalue weighted by Crippen LogP contribution is -2.47. The van der Waals surface area contributed by atoms with Gasteiger partial charge in [0, 0.05) is 26.7 Å². The third-order valence-electron chi connectivity index (χ3n) is 5.27. The lowest BCUT2D eigenvalue weighted by Gasteiger charge is -2.32. The van der Waals surface area contributed by atoms with Crippen LogP contribution in [-0.2, 0) is 24.4 Å². The average molecular weight is 383 g/mol. The Balaban J connectivity index is 1.34. The molecule has 1 N–H and O–H groups in total. The van der Waals surface area contributed by atoms with Gasteiger partial charge < -0.3 is 15.0 Å². The summed E-state index contributed by atoms with van der Waals surface area (Å²) in [6.07, 6.45) is -0.515. The number of carbonyl (C=O) groups excluding carboxylic acids is 1. The van der Waals surface area contributed by atoms with E-state index in [4.69, 9.17) is 4.74 Å². The van der Waals surface area contributed by atoms with Gasteiger partial charge in [-0.1, -0.05) is 26.0 Å². The largest absolute Gasteiger partial charge is 0.477 e. The highest BCUT2D eigenvalue weighted by Gasteiger charge is 2.29. The van der Waals surface area contributed by atoms with E-state index in [1.54, 1.807) is 0 Å². The van der Waals surface area contributed by atoms with Gasteiger partial charge in [0.25, 0.3) is 5.91 Å². The maximum absolute atomic E-state index is 12.6. The molecular weight excluding hydrogens is 354 g/mol. The fourth-order valence-corrected chi connectivity index (χ4v) is 3.98. The van der Waals surface area contributed by atoms with Crippen molar-refractivity contribution in [3.8, 4) is 5.75 Å². The summed E-state index contributed by atoms with van der Waals surface area (Å²) in [5.41, 5.74) is 3.14. The number of fused-ring (bicyclic) bond motifs is 2. The first-order valence-electron chi connectivity index (χ1n) is 10.0. The Kier molecular flexibility index (Phi) is 5.26. The van der Waals surface area contributed by atoms with E-state index in [9.17, 15) is 4.79 Å². The molecule has 0 fully saturated rings. The molecule has 7 heteroatoms. The molecule has 0 radical (unpaired) electrons. The second-order valence-corrected chi connectivity index (χ2v) is 8.15. The summed E-state index contributed by atoms with van der Waals surface area (Å²) in [6.45, 7) is 9.41. The number of hydrogen-bond donors (Lipinski definition) is 1. The summed E-state index contributed by atoms with van der Waals surface area (Å²) in [6, 6.07) is 9.91. The van der Waals surface area contributed by atoms with Crippen LogP contribution in [0.3, 0.4) is 0 Å². The molecular formula is C21H29N5O2. The first-order chi connectivity index (χ1) is 13.5. The summed E-state index contributed by atoms with van der Waals surface area (Å²) >= 11 is 0. The number of para-hydroxylation sites is 2. The number of carbonyl (C=O) groups is 1. The molecule has 0 aliphatic carbocycles. The predicted molar refractivity (Wildman–Crippen MR) is 108 cm³/mol. The van der Waals surface area contributed by atoms with Crippen LogP contribution in [-0.4, -0.2) is 53.4 Å². The molecule has 150 valence electrons. The number of rotatable bonds is 5. The van der Waals surface area contributed by atoms with Gasteiger partial charge in [0.15, 0.2) is 6.10 Å². The minimum Gasteiger partial charge on any atom is -0.477 e. The van der Waals surface area contributed by atoms with Gasteiger partial charge in [-0.2, -0.15) is 5.10 Å². The summed E-state index contributed by atoms with van der Waals surface area (Å²) in [7, 11) is 1.98. The summed E-state index contributed by atoms with van der Waals surface area (Å²) in [5, 5.41) is 7.65. The van der Waals surface area contributed by atoms with Crippen LogP contribution in [0, 0.1) is 5.92 Å². The maximum atomic E-state index is 12.6. The van der Waals surface area contributed by atoms with Crippen LogP contribution in [0.25, 0.3) is 0 Å². The fraction of sp³-hybridized carbons (Fsp3) is 0.524.